The molecule has 1 atom stereocenters. The molecule has 0 saturated carbocycles. The number of methoxy groups -OCH3 is 2. The van der Waals surface area contributed by atoms with Crippen LogP contribution in [0.4, 0.5) is 0 Å². The van der Waals surface area contributed by atoms with Crippen molar-refractivity contribution in [2.45, 2.75) is 19.4 Å². The summed E-state index contributed by atoms with van der Waals surface area (Å²) < 4.78 is 17.0. The molecule has 1 aliphatic carbocycles. The summed E-state index contributed by atoms with van der Waals surface area (Å²) in [7, 11) is 2.92. The standard InChI is InChI=1S/C33H27NO5/c1-19-28(33(36)38-3)29(30-31(34-19)24-10-6-7-11-25(24)32(30)35)23-14-15-26(27(17-23)37-2)39-18-20-12-13-21-8-4-5-9-22(21)16-20/h4-17,29,34H,18H2,1-3H3/t29-/m1/s1. The van der Waals surface area contributed by atoms with E-state index in [1.54, 1.807) is 7.11 Å². The number of fused-ring (bicyclic) bond motifs is 3. The lowest BCUT2D eigenvalue weighted by atomic mass is 9.79. The largest absolute Gasteiger partial charge is 0.493 e. The van der Waals surface area contributed by atoms with Crippen molar-refractivity contribution >= 4 is 28.2 Å². The number of dihydropyridines is 1. The maximum absolute atomic E-state index is 13.6. The molecule has 0 unspecified atom stereocenters. The van der Waals surface area contributed by atoms with Crippen LogP contribution in [0, 0.1) is 0 Å². The Morgan fingerprint density at radius 2 is 1.59 bits per heavy atom. The Bertz CT molecular complexity index is 1710. The predicted molar refractivity (Wildman–Crippen MR) is 150 cm³/mol. The number of rotatable bonds is 6. The highest BCUT2D eigenvalue weighted by molar-refractivity contribution is 6.23. The Morgan fingerprint density at radius 3 is 2.36 bits per heavy atom. The van der Waals surface area contributed by atoms with Gasteiger partial charge in [0.25, 0.3) is 0 Å². The smallest absolute Gasteiger partial charge is 0.336 e. The minimum atomic E-state index is -0.628. The average molecular weight is 518 g/mol. The van der Waals surface area contributed by atoms with Crippen molar-refractivity contribution in [3.05, 3.63) is 124 Å². The molecule has 4 aromatic carbocycles. The molecule has 0 saturated heterocycles. The second-order valence-corrected chi connectivity index (χ2v) is 9.63. The van der Waals surface area contributed by atoms with Crippen LogP contribution in [0.1, 0.15) is 39.9 Å². The summed E-state index contributed by atoms with van der Waals surface area (Å²) in [4.78, 5) is 26.6. The summed E-state index contributed by atoms with van der Waals surface area (Å²) in [5, 5.41) is 5.62. The molecule has 0 spiro atoms. The van der Waals surface area contributed by atoms with E-state index < -0.39 is 11.9 Å². The monoisotopic (exact) mass is 517 g/mol. The van der Waals surface area contributed by atoms with Crippen LogP contribution in [-0.4, -0.2) is 26.0 Å². The number of hydrogen-bond donors (Lipinski definition) is 1. The summed E-state index contributed by atoms with van der Waals surface area (Å²) in [6.07, 6.45) is 0. The topological polar surface area (TPSA) is 73.9 Å². The van der Waals surface area contributed by atoms with Crippen LogP contribution in [0.15, 0.2) is 102 Å². The van der Waals surface area contributed by atoms with E-state index in [0.717, 1.165) is 27.8 Å². The van der Waals surface area contributed by atoms with E-state index >= 15 is 0 Å². The maximum Gasteiger partial charge on any atom is 0.336 e. The summed E-state index contributed by atoms with van der Waals surface area (Å²) in [6.45, 7) is 2.19. The number of allylic oxidation sites excluding steroid dienone is 2. The molecule has 0 fully saturated rings. The number of nitrogens with one attached hydrogen (secondary N) is 1. The van der Waals surface area contributed by atoms with Crippen molar-refractivity contribution in [2.24, 2.45) is 0 Å². The Hall–Kier alpha value is -4.84. The van der Waals surface area contributed by atoms with Gasteiger partial charge in [-0.3, -0.25) is 4.79 Å². The Labute approximate surface area is 226 Å². The average Bonchev–Trinajstić information content (AvgIpc) is 3.25. The van der Waals surface area contributed by atoms with Crippen LogP contribution in [0.3, 0.4) is 0 Å². The minimum absolute atomic E-state index is 0.109. The van der Waals surface area contributed by atoms with E-state index in [2.05, 4.69) is 29.6 Å². The molecule has 0 bridgehead atoms. The van der Waals surface area contributed by atoms with Crippen molar-refractivity contribution in [3.63, 3.8) is 0 Å². The molecular weight excluding hydrogens is 490 g/mol. The Kier molecular flexibility index (Phi) is 6.15. The zero-order valence-electron chi connectivity index (χ0n) is 21.9. The Morgan fingerprint density at radius 1 is 0.846 bits per heavy atom. The molecule has 0 aromatic heterocycles. The molecule has 1 aliphatic heterocycles. The highest BCUT2D eigenvalue weighted by atomic mass is 16.5. The van der Waals surface area contributed by atoms with Crippen LogP contribution < -0.4 is 14.8 Å². The lowest BCUT2D eigenvalue weighted by Gasteiger charge is -2.29. The number of carbonyl (C=O) groups is 2. The van der Waals surface area contributed by atoms with Gasteiger partial charge in [-0.15, -0.1) is 0 Å². The molecule has 6 rings (SSSR count). The molecule has 1 N–H and O–H groups in total. The summed E-state index contributed by atoms with van der Waals surface area (Å²) in [5.74, 6) is -0.145. The van der Waals surface area contributed by atoms with Crippen molar-refractivity contribution in [3.8, 4) is 11.5 Å². The zero-order valence-corrected chi connectivity index (χ0v) is 21.9. The van der Waals surface area contributed by atoms with E-state index in [1.807, 2.05) is 67.6 Å². The van der Waals surface area contributed by atoms with Gasteiger partial charge < -0.3 is 19.5 Å². The second-order valence-electron chi connectivity index (χ2n) is 9.63. The number of esters is 1. The van der Waals surface area contributed by atoms with Gasteiger partial charge in [0.1, 0.15) is 6.61 Å². The molecule has 1 heterocycles. The quantitative estimate of drug-likeness (QED) is 0.309. The first-order chi connectivity index (χ1) is 19.0. The van der Waals surface area contributed by atoms with Gasteiger partial charge >= 0.3 is 5.97 Å². The number of ether oxygens (including phenoxy) is 3. The molecule has 6 heteroatoms. The van der Waals surface area contributed by atoms with Gasteiger partial charge in [0.05, 0.1) is 25.5 Å². The third-order valence-corrected chi connectivity index (χ3v) is 7.38. The number of Topliss-reactive ketones (excluding diaryl/α,β-unsaturated/α-hetero) is 1. The summed E-state index contributed by atoms with van der Waals surface area (Å²) in [6, 6.07) is 27.4. The lowest BCUT2D eigenvalue weighted by Crippen LogP contribution is -2.29. The van der Waals surface area contributed by atoms with Gasteiger partial charge in [0, 0.05) is 28.3 Å². The van der Waals surface area contributed by atoms with E-state index in [4.69, 9.17) is 14.2 Å². The number of benzene rings is 4. The first-order valence-electron chi connectivity index (χ1n) is 12.7. The van der Waals surface area contributed by atoms with Gasteiger partial charge in [0.15, 0.2) is 17.3 Å². The number of hydrogen-bond acceptors (Lipinski definition) is 6. The molecule has 0 radical (unpaired) electrons. The van der Waals surface area contributed by atoms with Crippen molar-refractivity contribution in [2.75, 3.05) is 14.2 Å². The third kappa shape index (κ3) is 4.14. The number of ketones is 1. The lowest BCUT2D eigenvalue weighted by molar-refractivity contribution is -0.136. The fraction of sp³-hybridized carbons (Fsp3) is 0.152. The molecule has 39 heavy (non-hydrogen) atoms. The SMILES string of the molecule is COC(=O)C1=C(C)NC2=C(C(=O)c3ccccc32)[C@@H]1c1ccc(OCc2ccc3ccccc3c2)c(OC)c1. The van der Waals surface area contributed by atoms with E-state index in [1.165, 1.54) is 12.5 Å². The van der Waals surface area contributed by atoms with E-state index in [0.29, 0.717) is 40.5 Å². The highest BCUT2D eigenvalue weighted by Crippen LogP contribution is 2.48. The van der Waals surface area contributed by atoms with Crippen LogP contribution in [0.5, 0.6) is 11.5 Å². The number of carbonyl (C=O) groups excluding carboxylic acids is 2. The molecule has 4 aromatic rings. The molecule has 194 valence electrons. The second kappa shape index (κ2) is 9.80. The van der Waals surface area contributed by atoms with E-state index in [-0.39, 0.29) is 5.78 Å². The highest BCUT2D eigenvalue weighted by Gasteiger charge is 2.43. The van der Waals surface area contributed by atoms with E-state index in [9.17, 15) is 9.59 Å². The van der Waals surface area contributed by atoms with Gasteiger partial charge in [0.2, 0.25) is 0 Å². The molecule has 6 nitrogen and oxygen atoms in total. The maximum atomic E-state index is 13.6. The van der Waals surface area contributed by atoms with Crippen LogP contribution in [-0.2, 0) is 16.1 Å². The van der Waals surface area contributed by atoms with Crippen molar-refractivity contribution in [1.82, 2.24) is 5.32 Å². The summed E-state index contributed by atoms with van der Waals surface area (Å²) in [5.41, 5.74) is 5.49. The van der Waals surface area contributed by atoms with Crippen LogP contribution >= 0.6 is 0 Å². The fourth-order valence-corrected chi connectivity index (χ4v) is 5.52. The zero-order chi connectivity index (χ0) is 27.1. The molecule has 0 amide bonds. The molecule has 2 aliphatic rings. The van der Waals surface area contributed by atoms with Crippen molar-refractivity contribution < 1.29 is 23.8 Å². The third-order valence-electron chi connectivity index (χ3n) is 7.38. The first-order valence-corrected chi connectivity index (χ1v) is 12.7. The van der Waals surface area contributed by atoms with Gasteiger partial charge in [-0.1, -0.05) is 66.7 Å². The van der Waals surface area contributed by atoms with Gasteiger partial charge in [-0.2, -0.15) is 0 Å². The first kappa shape index (κ1) is 24.5. The molecular formula is C33H27NO5. The van der Waals surface area contributed by atoms with Gasteiger partial charge in [-0.25, -0.2) is 4.79 Å². The normalized spacial score (nSPS) is 16.1. The van der Waals surface area contributed by atoms with Gasteiger partial charge in [-0.05, 0) is 47.0 Å². The predicted octanol–water partition coefficient (Wildman–Crippen LogP) is 6.17. The summed E-state index contributed by atoms with van der Waals surface area (Å²) >= 11 is 0. The van der Waals surface area contributed by atoms with Crippen molar-refractivity contribution in [1.29, 1.82) is 0 Å². The minimum Gasteiger partial charge on any atom is -0.493 e. The fourth-order valence-electron chi connectivity index (χ4n) is 5.52. The Balaban J connectivity index is 1.37. The van der Waals surface area contributed by atoms with Crippen LogP contribution in [0.25, 0.3) is 16.5 Å². The van der Waals surface area contributed by atoms with Crippen LogP contribution in [0.2, 0.25) is 0 Å².